The fourth-order valence-electron chi connectivity index (χ4n) is 2.21. The molecule has 3 rings (SSSR count). The van der Waals surface area contributed by atoms with Gasteiger partial charge in [-0.15, -0.1) is 11.3 Å². The van der Waals surface area contributed by atoms with Crippen molar-refractivity contribution in [3.8, 4) is 0 Å². The summed E-state index contributed by atoms with van der Waals surface area (Å²) in [4.78, 5) is 26.8. The molecule has 0 unspecified atom stereocenters. The van der Waals surface area contributed by atoms with Gasteiger partial charge in [-0.3, -0.25) is 14.4 Å². The van der Waals surface area contributed by atoms with E-state index in [0.29, 0.717) is 23.4 Å². The average molecular weight is 304 g/mol. The molecule has 110 valence electrons. The van der Waals surface area contributed by atoms with Crippen molar-refractivity contribution in [3.05, 3.63) is 38.5 Å². The minimum atomic E-state index is -0.148. The zero-order valence-corrected chi connectivity index (χ0v) is 12.9. The van der Waals surface area contributed by atoms with E-state index in [-0.39, 0.29) is 5.56 Å². The maximum Gasteiger partial charge on any atom is 0.262 e. The van der Waals surface area contributed by atoms with E-state index in [0.717, 1.165) is 11.6 Å². The fourth-order valence-corrected chi connectivity index (χ4v) is 3.08. The number of hydrogen-bond donors (Lipinski definition) is 1. The molecule has 0 aliphatic rings. The lowest BCUT2D eigenvalue weighted by Gasteiger charge is -2.14. The Kier molecular flexibility index (Phi) is 3.56. The summed E-state index contributed by atoms with van der Waals surface area (Å²) in [7, 11) is 3.77. The van der Waals surface area contributed by atoms with Crippen molar-refractivity contribution < 1.29 is 0 Å². The van der Waals surface area contributed by atoms with Gasteiger partial charge in [0, 0.05) is 24.7 Å². The standard InChI is InChI=1S/C13H16N6OS/c1-8-14-4-9(21-8)6-18(2)7-11-16-12-10(13(20)17-11)5-15-19(12)3/h4-5H,6-7H2,1-3H3,(H,16,17,20). The van der Waals surface area contributed by atoms with E-state index in [1.165, 1.54) is 11.1 Å². The summed E-state index contributed by atoms with van der Waals surface area (Å²) >= 11 is 1.68. The number of nitrogens with one attached hydrogen (secondary N) is 1. The SMILES string of the molecule is Cc1ncc(CN(C)Cc2nc3c(cnn3C)c(=O)[nH]2)s1. The van der Waals surface area contributed by atoms with Gasteiger partial charge in [0.15, 0.2) is 5.65 Å². The van der Waals surface area contributed by atoms with Crippen LogP contribution in [0, 0.1) is 6.92 Å². The molecule has 0 aromatic carbocycles. The first kappa shape index (κ1) is 13.9. The van der Waals surface area contributed by atoms with Gasteiger partial charge in [0.25, 0.3) is 5.56 Å². The molecule has 0 bridgehead atoms. The van der Waals surface area contributed by atoms with Gasteiger partial charge in [-0.2, -0.15) is 5.10 Å². The summed E-state index contributed by atoms with van der Waals surface area (Å²) in [5.41, 5.74) is 0.459. The topological polar surface area (TPSA) is 79.7 Å². The molecule has 0 aliphatic carbocycles. The first-order valence-electron chi connectivity index (χ1n) is 6.53. The fraction of sp³-hybridized carbons (Fsp3) is 0.385. The molecular formula is C13H16N6OS. The number of fused-ring (bicyclic) bond motifs is 1. The predicted octanol–water partition coefficient (Wildman–Crippen LogP) is 1.05. The van der Waals surface area contributed by atoms with Crippen molar-refractivity contribution >= 4 is 22.4 Å². The van der Waals surface area contributed by atoms with Gasteiger partial charge in [0.2, 0.25) is 0 Å². The van der Waals surface area contributed by atoms with Gasteiger partial charge in [-0.1, -0.05) is 0 Å². The Balaban J connectivity index is 1.81. The van der Waals surface area contributed by atoms with Crippen LogP contribution in [0.4, 0.5) is 0 Å². The van der Waals surface area contributed by atoms with Crippen LogP contribution in [0.3, 0.4) is 0 Å². The summed E-state index contributed by atoms with van der Waals surface area (Å²) < 4.78 is 1.61. The molecule has 7 nitrogen and oxygen atoms in total. The highest BCUT2D eigenvalue weighted by Gasteiger charge is 2.10. The second kappa shape index (κ2) is 5.38. The molecule has 3 aromatic rings. The maximum atomic E-state index is 12.0. The molecule has 0 radical (unpaired) electrons. The van der Waals surface area contributed by atoms with Crippen molar-refractivity contribution in [2.24, 2.45) is 7.05 Å². The molecule has 0 aliphatic heterocycles. The number of aromatic nitrogens is 5. The minimum absolute atomic E-state index is 0.148. The first-order chi connectivity index (χ1) is 10.0. The molecule has 3 heterocycles. The predicted molar refractivity (Wildman–Crippen MR) is 81.2 cm³/mol. The lowest BCUT2D eigenvalue weighted by molar-refractivity contribution is 0.313. The van der Waals surface area contributed by atoms with Crippen LogP contribution in [-0.4, -0.2) is 36.7 Å². The van der Waals surface area contributed by atoms with Crippen LogP contribution < -0.4 is 5.56 Å². The normalized spacial score (nSPS) is 11.6. The Bertz CT molecular complexity index is 833. The van der Waals surface area contributed by atoms with Crippen molar-refractivity contribution in [3.63, 3.8) is 0 Å². The number of rotatable bonds is 4. The molecule has 0 fully saturated rings. The zero-order chi connectivity index (χ0) is 15.0. The molecule has 0 amide bonds. The largest absolute Gasteiger partial charge is 0.309 e. The minimum Gasteiger partial charge on any atom is -0.309 e. The first-order valence-corrected chi connectivity index (χ1v) is 7.35. The Morgan fingerprint density at radius 3 is 2.90 bits per heavy atom. The van der Waals surface area contributed by atoms with Crippen LogP contribution in [0.15, 0.2) is 17.2 Å². The quantitative estimate of drug-likeness (QED) is 0.779. The van der Waals surface area contributed by atoms with E-state index in [2.05, 4.69) is 25.0 Å². The number of H-pyrrole nitrogens is 1. The van der Waals surface area contributed by atoms with E-state index in [4.69, 9.17) is 0 Å². The molecule has 8 heteroatoms. The smallest absolute Gasteiger partial charge is 0.262 e. The number of aromatic amines is 1. The van der Waals surface area contributed by atoms with Crippen LogP contribution in [0.1, 0.15) is 15.7 Å². The van der Waals surface area contributed by atoms with Gasteiger partial charge in [0.05, 0.1) is 17.7 Å². The summed E-state index contributed by atoms with van der Waals surface area (Å²) in [5.74, 6) is 0.639. The Labute approximate surface area is 125 Å². The third kappa shape index (κ3) is 2.86. The van der Waals surface area contributed by atoms with Gasteiger partial charge in [-0.05, 0) is 14.0 Å². The van der Waals surface area contributed by atoms with Crippen molar-refractivity contribution in [1.29, 1.82) is 0 Å². The van der Waals surface area contributed by atoms with E-state index in [1.54, 1.807) is 23.1 Å². The number of nitrogens with zero attached hydrogens (tertiary/aromatic N) is 5. The highest BCUT2D eigenvalue weighted by Crippen LogP contribution is 2.14. The van der Waals surface area contributed by atoms with E-state index < -0.39 is 0 Å². The summed E-state index contributed by atoms with van der Waals surface area (Å²) in [6, 6.07) is 0. The molecule has 1 N–H and O–H groups in total. The molecular weight excluding hydrogens is 288 g/mol. The van der Waals surface area contributed by atoms with Crippen molar-refractivity contribution in [2.75, 3.05) is 7.05 Å². The summed E-state index contributed by atoms with van der Waals surface area (Å²) in [6.07, 6.45) is 3.42. The number of thiazole rings is 1. The third-order valence-corrected chi connectivity index (χ3v) is 4.06. The maximum absolute atomic E-state index is 12.0. The van der Waals surface area contributed by atoms with Gasteiger partial charge in [-0.25, -0.2) is 9.97 Å². The molecule has 0 spiro atoms. The van der Waals surface area contributed by atoms with E-state index >= 15 is 0 Å². The second-order valence-electron chi connectivity index (χ2n) is 5.04. The van der Waals surface area contributed by atoms with E-state index in [1.807, 2.05) is 20.2 Å². The highest BCUT2D eigenvalue weighted by molar-refractivity contribution is 7.11. The average Bonchev–Trinajstić information content (AvgIpc) is 2.97. The van der Waals surface area contributed by atoms with Gasteiger partial charge < -0.3 is 4.98 Å². The molecule has 0 saturated carbocycles. The third-order valence-electron chi connectivity index (χ3n) is 3.17. The van der Waals surface area contributed by atoms with Crippen molar-refractivity contribution in [2.45, 2.75) is 20.0 Å². The molecule has 3 aromatic heterocycles. The molecule has 0 saturated heterocycles. The molecule has 0 atom stereocenters. The van der Waals surface area contributed by atoms with Crippen LogP contribution >= 0.6 is 11.3 Å². The van der Waals surface area contributed by atoms with Crippen LogP contribution in [-0.2, 0) is 20.1 Å². The Morgan fingerprint density at radius 2 is 2.19 bits per heavy atom. The Hall–Kier alpha value is -2.06. The Morgan fingerprint density at radius 1 is 1.38 bits per heavy atom. The second-order valence-corrected chi connectivity index (χ2v) is 6.36. The summed E-state index contributed by atoms with van der Waals surface area (Å²) in [5, 5.41) is 5.63. The lowest BCUT2D eigenvalue weighted by Crippen LogP contribution is -2.21. The highest BCUT2D eigenvalue weighted by atomic mass is 32.1. The van der Waals surface area contributed by atoms with Crippen molar-refractivity contribution in [1.82, 2.24) is 29.6 Å². The van der Waals surface area contributed by atoms with Gasteiger partial charge in [0.1, 0.15) is 11.2 Å². The monoisotopic (exact) mass is 304 g/mol. The number of hydrogen-bond acceptors (Lipinski definition) is 6. The zero-order valence-electron chi connectivity index (χ0n) is 12.1. The molecule has 21 heavy (non-hydrogen) atoms. The summed E-state index contributed by atoms with van der Waals surface area (Å²) in [6.45, 7) is 3.33. The lowest BCUT2D eigenvalue weighted by atomic mass is 10.4. The van der Waals surface area contributed by atoms with Crippen LogP contribution in [0.2, 0.25) is 0 Å². The number of aryl methyl sites for hydroxylation is 2. The van der Waals surface area contributed by atoms with Crippen LogP contribution in [0.25, 0.3) is 11.0 Å². The van der Waals surface area contributed by atoms with E-state index in [9.17, 15) is 4.79 Å². The van der Waals surface area contributed by atoms with Gasteiger partial charge >= 0.3 is 0 Å². The van der Waals surface area contributed by atoms with Crippen LogP contribution in [0.5, 0.6) is 0 Å².